The van der Waals surface area contributed by atoms with E-state index in [-0.39, 0.29) is 0 Å². The van der Waals surface area contributed by atoms with Crippen molar-refractivity contribution in [3.8, 4) is 5.69 Å². The van der Waals surface area contributed by atoms with Crippen LogP contribution in [0.4, 0.5) is 17.1 Å². The van der Waals surface area contributed by atoms with E-state index in [0.29, 0.717) is 0 Å². The standard InChI is InChI=1S/C48H30N2S/c1-2-12-33(13-3-1)50-43-17-8-6-15-40(43)42-30-35(24-28-44(42)50)49(45-18-10-20-47-48(45)41-16-7-9-19-46(41)51-47)34-23-27-37-32(29-34)22-26-38-36-14-5-4-11-31(36)21-25-39(37)38/h1-30H. The first-order valence-corrected chi connectivity index (χ1v) is 18.3. The Morgan fingerprint density at radius 2 is 1.00 bits per heavy atom. The predicted molar refractivity (Wildman–Crippen MR) is 221 cm³/mol. The summed E-state index contributed by atoms with van der Waals surface area (Å²) in [6.07, 6.45) is 0. The number of rotatable bonds is 4. The van der Waals surface area contributed by atoms with Crippen LogP contribution in [0.1, 0.15) is 0 Å². The Bertz CT molecular complexity index is 3150. The summed E-state index contributed by atoms with van der Waals surface area (Å²) in [6, 6.07) is 66.8. The van der Waals surface area contributed by atoms with E-state index in [9.17, 15) is 0 Å². The van der Waals surface area contributed by atoms with Crippen LogP contribution >= 0.6 is 11.3 Å². The van der Waals surface area contributed by atoms with Gasteiger partial charge in [-0.3, -0.25) is 0 Å². The van der Waals surface area contributed by atoms with Gasteiger partial charge in [-0.15, -0.1) is 11.3 Å². The fourth-order valence-corrected chi connectivity index (χ4v) is 9.41. The average molecular weight is 667 g/mol. The van der Waals surface area contributed by atoms with Crippen molar-refractivity contribution in [1.29, 1.82) is 0 Å². The summed E-state index contributed by atoms with van der Waals surface area (Å²) < 4.78 is 4.98. The molecule has 0 spiro atoms. The van der Waals surface area contributed by atoms with Gasteiger partial charge in [0, 0.05) is 48.0 Å². The molecule has 0 saturated carbocycles. The van der Waals surface area contributed by atoms with Gasteiger partial charge in [-0.1, -0.05) is 115 Å². The molecule has 0 aliphatic rings. The van der Waals surface area contributed by atoms with Gasteiger partial charge in [0.25, 0.3) is 0 Å². The van der Waals surface area contributed by atoms with Crippen LogP contribution in [0.25, 0.3) is 80.0 Å². The van der Waals surface area contributed by atoms with Crippen LogP contribution in [0.2, 0.25) is 0 Å². The summed E-state index contributed by atoms with van der Waals surface area (Å²) in [6.45, 7) is 0. The zero-order valence-electron chi connectivity index (χ0n) is 27.6. The van der Waals surface area contributed by atoms with Crippen molar-refractivity contribution < 1.29 is 0 Å². The molecule has 11 rings (SSSR count). The first kappa shape index (κ1) is 28.4. The number of benzene rings is 9. The molecule has 51 heavy (non-hydrogen) atoms. The molecule has 0 amide bonds. The first-order valence-electron chi connectivity index (χ1n) is 17.4. The molecule has 0 bridgehead atoms. The number of nitrogens with zero attached hydrogens (tertiary/aromatic N) is 2. The maximum atomic E-state index is 2.47. The number of para-hydroxylation sites is 2. The van der Waals surface area contributed by atoms with E-state index in [0.717, 1.165) is 17.1 Å². The highest BCUT2D eigenvalue weighted by molar-refractivity contribution is 7.26. The monoisotopic (exact) mass is 666 g/mol. The smallest absolute Gasteiger partial charge is 0.0554 e. The summed E-state index contributed by atoms with van der Waals surface area (Å²) in [7, 11) is 0. The highest BCUT2D eigenvalue weighted by atomic mass is 32.1. The molecule has 2 heterocycles. The lowest BCUT2D eigenvalue weighted by molar-refractivity contribution is 1.18. The van der Waals surface area contributed by atoms with Crippen LogP contribution in [-0.2, 0) is 0 Å². The minimum absolute atomic E-state index is 1.13. The molecule has 0 N–H and O–H groups in total. The highest BCUT2D eigenvalue weighted by Gasteiger charge is 2.21. The number of thiophene rings is 1. The fourth-order valence-electron chi connectivity index (χ4n) is 8.28. The number of fused-ring (bicyclic) bond motifs is 11. The maximum absolute atomic E-state index is 2.47. The van der Waals surface area contributed by atoms with Crippen molar-refractivity contribution in [3.05, 3.63) is 182 Å². The van der Waals surface area contributed by atoms with Gasteiger partial charge < -0.3 is 9.47 Å². The first-order chi connectivity index (χ1) is 25.3. The third kappa shape index (κ3) is 4.29. The van der Waals surface area contributed by atoms with Gasteiger partial charge >= 0.3 is 0 Å². The largest absolute Gasteiger partial charge is 0.310 e. The summed E-state index contributed by atoms with van der Waals surface area (Å²) in [4.78, 5) is 2.47. The molecule has 238 valence electrons. The second-order valence-electron chi connectivity index (χ2n) is 13.3. The van der Waals surface area contributed by atoms with Crippen molar-refractivity contribution >= 4 is 103 Å². The molecule has 0 aliphatic heterocycles. The molecule has 0 radical (unpaired) electrons. The van der Waals surface area contributed by atoms with E-state index in [2.05, 4.69) is 191 Å². The van der Waals surface area contributed by atoms with E-state index in [1.54, 1.807) is 0 Å². The Hall–Kier alpha value is -6.42. The second kappa shape index (κ2) is 11.0. The lowest BCUT2D eigenvalue weighted by Gasteiger charge is -2.27. The number of hydrogen-bond acceptors (Lipinski definition) is 2. The SMILES string of the molecule is c1ccc(-n2c3ccccc3c3cc(N(c4ccc5c(ccc6c7ccccc7ccc56)c4)c4cccc5sc6ccccc6c45)ccc32)cc1. The quantitative estimate of drug-likeness (QED) is 0.170. The van der Waals surface area contributed by atoms with Gasteiger partial charge in [0.05, 0.1) is 16.7 Å². The van der Waals surface area contributed by atoms with Gasteiger partial charge in [-0.2, -0.15) is 0 Å². The van der Waals surface area contributed by atoms with Crippen molar-refractivity contribution in [2.24, 2.45) is 0 Å². The van der Waals surface area contributed by atoms with Crippen LogP contribution < -0.4 is 4.90 Å². The van der Waals surface area contributed by atoms with Crippen molar-refractivity contribution in [1.82, 2.24) is 4.57 Å². The third-order valence-electron chi connectivity index (χ3n) is 10.5. The van der Waals surface area contributed by atoms with Crippen LogP contribution in [-0.4, -0.2) is 4.57 Å². The molecule has 0 unspecified atom stereocenters. The lowest BCUT2D eigenvalue weighted by atomic mass is 9.96. The minimum atomic E-state index is 1.13. The summed E-state index contributed by atoms with van der Waals surface area (Å²) in [5, 5.41) is 12.7. The van der Waals surface area contributed by atoms with Crippen molar-refractivity contribution in [3.63, 3.8) is 0 Å². The van der Waals surface area contributed by atoms with E-state index >= 15 is 0 Å². The fraction of sp³-hybridized carbons (Fsp3) is 0. The van der Waals surface area contributed by atoms with Crippen LogP contribution in [0.3, 0.4) is 0 Å². The van der Waals surface area contributed by atoms with Crippen LogP contribution in [0.15, 0.2) is 182 Å². The Balaban J connectivity index is 1.19. The molecule has 0 aliphatic carbocycles. The molecule has 3 heteroatoms. The minimum Gasteiger partial charge on any atom is -0.310 e. The summed E-state index contributed by atoms with van der Waals surface area (Å²) >= 11 is 1.86. The van der Waals surface area contributed by atoms with Crippen LogP contribution in [0.5, 0.6) is 0 Å². The summed E-state index contributed by atoms with van der Waals surface area (Å²) in [5.74, 6) is 0. The van der Waals surface area contributed by atoms with E-state index < -0.39 is 0 Å². The van der Waals surface area contributed by atoms with Gasteiger partial charge in [0.15, 0.2) is 0 Å². The molecular formula is C48H30N2S. The molecular weight excluding hydrogens is 637 g/mol. The van der Waals surface area contributed by atoms with Gasteiger partial charge in [-0.25, -0.2) is 0 Å². The number of aromatic nitrogens is 1. The zero-order valence-corrected chi connectivity index (χ0v) is 28.4. The van der Waals surface area contributed by atoms with Crippen molar-refractivity contribution in [2.75, 3.05) is 4.90 Å². The molecule has 0 fully saturated rings. The Kier molecular flexibility index (Phi) is 6.16. The van der Waals surface area contributed by atoms with E-state index in [1.807, 2.05) is 11.3 Å². The van der Waals surface area contributed by atoms with Gasteiger partial charge in [-0.05, 0) is 99.0 Å². The van der Waals surface area contributed by atoms with E-state index in [4.69, 9.17) is 0 Å². The van der Waals surface area contributed by atoms with E-state index in [1.165, 1.54) is 80.0 Å². The topological polar surface area (TPSA) is 8.17 Å². The number of hydrogen-bond donors (Lipinski definition) is 0. The van der Waals surface area contributed by atoms with Gasteiger partial charge in [0.2, 0.25) is 0 Å². The molecule has 2 aromatic heterocycles. The average Bonchev–Trinajstić information content (AvgIpc) is 3.74. The lowest BCUT2D eigenvalue weighted by Crippen LogP contribution is -2.10. The highest BCUT2D eigenvalue weighted by Crippen LogP contribution is 2.47. The predicted octanol–water partition coefficient (Wildman–Crippen LogP) is 14.1. The third-order valence-corrected chi connectivity index (χ3v) is 11.7. The zero-order chi connectivity index (χ0) is 33.5. The molecule has 0 saturated heterocycles. The van der Waals surface area contributed by atoms with Crippen molar-refractivity contribution in [2.45, 2.75) is 0 Å². The summed E-state index contributed by atoms with van der Waals surface area (Å²) in [5.41, 5.74) is 7.02. The Morgan fingerprint density at radius 1 is 0.373 bits per heavy atom. The molecule has 0 atom stereocenters. The normalized spacial score (nSPS) is 11.9. The maximum Gasteiger partial charge on any atom is 0.0554 e. The van der Waals surface area contributed by atoms with Crippen LogP contribution in [0, 0.1) is 0 Å². The Labute approximate surface area is 298 Å². The van der Waals surface area contributed by atoms with Gasteiger partial charge in [0.1, 0.15) is 0 Å². The Morgan fingerprint density at radius 3 is 1.88 bits per heavy atom. The second-order valence-corrected chi connectivity index (χ2v) is 14.4. The molecule has 11 aromatic rings. The molecule has 9 aromatic carbocycles. The molecule has 2 nitrogen and oxygen atoms in total. The number of anilines is 3.